The maximum Gasteiger partial charge on any atom is 0.318 e. The Morgan fingerprint density at radius 3 is 2.56 bits per heavy atom. The van der Waals surface area contributed by atoms with E-state index in [-0.39, 0.29) is 12.1 Å². The number of carbonyl (C=O) groups excluding carboxylic acids is 1. The first kappa shape index (κ1) is 22.6. The number of rotatable bonds is 6. The molecule has 32 heavy (non-hydrogen) atoms. The van der Waals surface area contributed by atoms with Crippen LogP contribution in [-0.4, -0.2) is 65.2 Å². The van der Waals surface area contributed by atoms with Crippen molar-refractivity contribution in [3.05, 3.63) is 48.0 Å². The number of amides is 2. The van der Waals surface area contributed by atoms with Gasteiger partial charge in [0.1, 0.15) is 17.6 Å². The Labute approximate surface area is 191 Å². The quantitative estimate of drug-likeness (QED) is 0.743. The highest BCUT2D eigenvalue weighted by molar-refractivity contribution is 5.75. The summed E-state index contributed by atoms with van der Waals surface area (Å²) in [4.78, 5) is 22.3. The van der Waals surface area contributed by atoms with Crippen molar-refractivity contribution < 1.29 is 9.53 Å². The molecule has 0 saturated carbocycles. The van der Waals surface area contributed by atoms with Gasteiger partial charge < -0.3 is 24.4 Å². The third-order valence-electron chi connectivity index (χ3n) is 6.93. The van der Waals surface area contributed by atoms with E-state index >= 15 is 0 Å². The third kappa shape index (κ3) is 5.63. The molecule has 7 nitrogen and oxygen atoms in total. The first-order valence-electron chi connectivity index (χ1n) is 12.0. The van der Waals surface area contributed by atoms with Crippen molar-refractivity contribution >= 4 is 6.03 Å². The van der Waals surface area contributed by atoms with E-state index in [9.17, 15) is 4.79 Å². The average Bonchev–Trinajstić information content (AvgIpc) is 3.08. The predicted molar refractivity (Wildman–Crippen MR) is 126 cm³/mol. The Hall–Kier alpha value is -2.54. The van der Waals surface area contributed by atoms with Gasteiger partial charge in [-0.2, -0.15) is 0 Å². The molecule has 2 saturated heterocycles. The summed E-state index contributed by atoms with van der Waals surface area (Å²) in [6, 6.07) is 7.49. The number of methoxy groups -OCH3 is 1. The summed E-state index contributed by atoms with van der Waals surface area (Å²) in [7, 11) is 3.61. The molecule has 0 bridgehead atoms. The lowest BCUT2D eigenvalue weighted by molar-refractivity contribution is 0.146. The minimum atomic E-state index is -0.326. The van der Waals surface area contributed by atoms with Crippen LogP contribution in [0.5, 0.6) is 5.75 Å². The largest absolute Gasteiger partial charge is 0.497 e. The van der Waals surface area contributed by atoms with Crippen LogP contribution in [0, 0.1) is 5.92 Å². The van der Waals surface area contributed by atoms with Crippen molar-refractivity contribution in [1.29, 1.82) is 0 Å². The number of benzene rings is 1. The molecule has 1 atom stereocenters. The van der Waals surface area contributed by atoms with E-state index in [0.29, 0.717) is 5.92 Å². The standard InChI is InChI=1S/C25H37N5O2/c1-28-17-12-26-24(28)23(21-8-7-9-22(18-21)32-2)27-25(31)30-15-10-20(11-16-30)19-29-13-5-3-4-6-14-29/h7-9,12,17-18,20,23H,3-6,10-11,13-16,19H2,1-2H3,(H,27,31). The van der Waals surface area contributed by atoms with Crippen molar-refractivity contribution in [1.82, 2.24) is 24.7 Å². The van der Waals surface area contributed by atoms with Gasteiger partial charge >= 0.3 is 6.03 Å². The molecular formula is C25H37N5O2. The van der Waals surface area contributed by atoms with Crippen LogP contribution in [-0.2, 0) is 7.05 Å². The Bertz CT molecular complexity index is 867. The zero-order valence-corrected chi connectivity index (χ0v) is 19.5. The molecule has 1 aromatic heterocycles. The minimum Gasteiger partial charge on any atom is -0.497 e. The monoisotopic (exact) mass is 439 g/mol. The van der Waals surface area contributed by atoms with Gasteiger partial charge in [0, 0.05) is 39.1 Å². The molecule has 1 aromatic carbocycles. The third-order valence-corrected chi connectivity index (χ3v) is 6.93. The molecule has 0 radical (unpaired) electrons. The van der Waals surface area contributed by atoms with Crippen molar-refractivity contribution in [2.75, 3.05) is 39.8 Å². The van der Waals surface area contributed by atoms with E-state index in [1.807, 2.05) is 47.0 Å². The predicted octanol–water partition coefficient (Wildman–Crippen LogP) is 3.82. The van der Waals surface area contributed by atoms with E-state index in [4.69, 9.17) is 4.74 Å². The first-order chi connectivity index (χ1) is 15.6. The number of piperidine rings is 1. The van der Waals surface area contributed by atoms with Gasteiger partial charge in [-0.05, 0) is 62.4 Å². The molecule has 7 heteroatoms. The number of nitrogens with zero attached hydrogens (tertiary/aromatic N) is 4. The molecule has 2 aliphatic rings. The van der Waals surface area contributed by atoms with Crippen LogP contribution in [0.15, 0.2) is 36.7 Å². The minimum absolute atomic E-state index is 0.0194. The number of likely N-dealkylation sites (tertiary alicyclic amines) is 2. The smallest absolute Gasteiger partial charge is 0.318 e. The zero-order valence-electron chi connectivity index (χ0n) is 19.5. The van der Waals surface area contributed by atoms with Gasteiger partial charge in [0.25, 0.3) is 0 Å². The molecule has 1 unspecified atom stereocenters. The summed E-state index contributed by atoms with van der Waals surface area (Å²) in [5.74, 6) is 2.27. The molecule has 174 valence electrons. The van der Waals surface area contributed by atoms with E-state index < -0.39 is 0 Å². The number of ether oxygens (including phenoxy) is 1. The van der Waals surface area contributed by atoms with Crippen molar-refractivity contribution in [3.63, 3.8) is 0 Å². The summed E-state index contributed by atoms with van der Waals surface area (Å²) in [6.45, 7) is 5.31. The fourth-order valence-corrected chi connectivity index (χ4v) is 4.99. The lowest BCUT2D eigenvalue weighted by Crippen LogP contribution is -2.47. The van der Waals surface area contributed by atoms with Crippen molar-refractivity contribution in [3.8, 4) is 5.75 Å². The SMILES string of the molecule is COc1cccc(C(NC(=O)N2CCC(CN3CCCCCC3)CC2)c2nccn2C)c1. The Balaban J connectivity index is 1.38. The maximum absolute atomic E-state index is 13.2. The highest BCUT2D eigenvalue weighted by Gasteiger charge is 2.28. The Kier molecular flexibility index (Phi) is 7.68. The number of aryl methyl sites for hydroxylation is 1. The summed E-state index contributed by atoms with van der Waals surface area (Å²) in [5, 5.41) is 3.24. The van der Waals surface area contributed by atoms with Crippen molar-refractivity contribution in [2.24, 2.45) is 13.0 Å². The molecule has 2 fully saturated rings. The summed E-state index contributed by atoms with van der Waals surface area (Å²) in [6.07, 6.45) is 11.2. The molecule has 3 heterocycles. The normalized spacial score (nSPS) is 19.4. The number of hydrogen-bond acceptors (Lipinski definition) is 4. The number of urea groups is 1. The number of aromatic nitrogens is 2. The van der Waals surface area contributed by atoms with Gasteiger partial charge in [-0.15, -0.1) is 0 Å². The van der Waals surface area contributed by atoms with Crippen LogP contribution in [0.2, 0.25) is 0 Å². The van der Waals surface area contributed by atoms with Gasteiger partial charge in [-0.3, -0.25) is 0 Å². The highest BCUT2D eigenvalue weighted by Crippen LogP contribution is 2.26. The molecular weight excluding hydrogens is 402 g/mol. The van der Waals surface area contributed by atoms with Crippen molar-refractivity contribution in [2.45, 2.75) is 44.6 Å². The topological polar surface area (TPSA) is 62.6 Å². The van der Waals surface area contributed by atoms with Crippen LogP contribution in [0.4, 0.5) is 4.79 Å². The van der Waals surface area contributed by atoms with Gasteiger partial charge in [-0.1, -0.05) is 25.0 Å². The summed E-state index contributed by atoms with van der Waals surface area (Å²) < 4.78 is 7.36. The average molecular weight is 440 g/mol. The number of nitrogens with one attached hydrogen (secondary N) is 1. The summed E-state index contributed by atoms with van der Waals surface area (Å²) in [5.41, 5.74) is 0.961. The maximum atomic E-state index is 13.2. The number of carbonyl (C=O) groups is 1. The van der Waals surface area contributed by atoms with Gasteiger partial charge in [0.05, 0.1) is 7.11 Å². The lowest BCUT2D eigenvalue weighted by atomic mass is 9.96. The highest BCUT2D eigenvalue weighted by atomic mass is 16.5. The van der Waals surface area contributed by atoms with E-state index in [0.717, 1.165) is 43.1 Å². The Morgan fingerprint density at radius 1 is 1.16 bits per heavy atom. The van der Waals surface area contributed by atoms with Gasteiger partial charge in [-0.25, -0.2) is 9.78 Å². The van der Waals surface area contributed by atoms with E-state index in [2.05, 4.69) is 15.2 Å². The van der Waals surface area contributed by atoms with Gasteiger partial charge in [0.15, 0.2) is 0 Å². The van der Waals surface area contributed by atoms with Crippen LogP contribution in [0.1, 0.15) is 56.0 Å². The second kappa shape index (κ2) is 10.9. The molecule has 0 spiro atoms. The van der Waals surface area contributed by atoms with E-state index in [1.54, 1.807) is 13.3 Å². The fourth-order valence-electron chi connectivity index (χ4n) is 4.99. The molecule has 0 aliphatic carbocycles. The molecule has 4 rings (SSSR count). The molecule has 2 aromatic rings. The Morgan fingerprint density at radius 2 is 1.91 bits per heavy atom. The molecule has 1 N–H and O–H groups in total. The van der Waals surface area contributed by atoms with Crippen LogP contribution >= 0.6 is 0 Å². The second-order valence-electron chi connectivity index (χ2n) is 9.20. The molecule has 2 amide bonds. The van der Waals surface area contributed by atoms with Crippen LogP contribution in [0.25, 0.3) is 0 Å². The van der Waals surface area contributed by atoms with Crippen LogP contribution < -0.4 is 10.1 Å². The summed E-state index contributed by atoms with van der Waals surface area (Å²) >= 11 is 0. The molecule has 2 aliphatic heterocycles. The fraction of sp³-hybridized carbons (Fsp3) is 0.600. The van der Waals surface area contributed by atoms with Gasteiger partial charge in [0.2, 0.25) is 0 Å². The van der Waals surface area contributed by atoms with Crippen LogP contribution in [0.3, 0.4) is 0 Å². The number of imidazole rings is 1. The zero-order chi connectivity index (χ0) is 22.3. The second-order valence-corrected chi connectivity index (χ2v) is 9.20. The first-order valence-corrected chi connectivity index (χ1v) is 12.0. The lowest BCUT2D eigenvalue weighted by Gasteiger charge is -2.35. The van der Waals surface area contributed by atoms with E-state index in [1.165, 1.54) is 45.3 Å². The number of hydrogen-bond donors (Lipinski definition) is 1.